The van der Waals surface area contributed by atoms with Crippen LogP contribution in [0.5, 0.6) is 0 Å². The smallest absolute Gasteiger partial charge is 0.278 e. The maximum atomic E-state index is 11.6. The fraction of sp³-hybridized carbons (Fsp3) is 0.909. The normalized spacial score (nSPS) is 24.4. The monoisotopic (exact) mass is 308 g/mol. The zero-order valence-electron chi connectivity index (χ0n) is 11.6. The first-order valence-electron chi connectivity index (χ1n) is 6.51. The van der Waals surface area contributed by atoms with Crippen molar-refractivity contribution in [2.75, 3.05) is 27.2 Å². The van der Waals surface area contributed by atoms with Crippen LogP contribution in [0, 0.1) is 11.8 Å². The van der Waals surface area contributed by atoms with Crippen molar-refractivity contribution in [2.45, 2.75) is 25.7 Å². The van der Waals surface area contributed by atoms with Gasteiger partial charge in [-0.05, 0) is 49.7 Å². The van der Waals surface area contributed by atoms with Crippen molar-refractivity contribution in [1.82, 2.24) is 14.3 Å². The average Bonchev–Trinajstić information content (AvgIpc) is 2.35. The first-order chi connectivity index (χ1) is 8.81. The highest BCUT2D eigenvalue weighted by molar-refractivity contribution is 7.87. The summed E-state index contributed by atoms with van der Waals surface area (Å²) in [5.74, 6) is 1.01. The molecule has 1 aliphatic rings. The summed E-state index contributed by atoms with van der Waals surface area (Å²) >= 11 is 4.78. The van der Waals surface area contributed by atoms with Crippen LogP contribution in [0.15, 0.2) is 0 Å². The zero-order chi connectivity index (χ0) is 14.5. The van der Waals surface area contributed by atoms with Gasteiger partial charge in [0.1, 0.15) is 0 Å². The van der Waals surface area contributed by atoms with E-state index in [-0.39, 0.29) is 0 Å². The van der Waals surface area contributed by atoms with Gasteiger partial charge in [0.25, 0.3) is 10.2 Å². The van der Waals surface area contributed by atoms with Crippen molar-refractivity contribution >= 4 is 27.5 Å². The molecule has 4 N–H and O–H groups in total. The van der Waals surface area contributed by atoms with Crippen LogP contribution in [0.1, 0.15) is 25.7 Å². The molecule has 0 spiro atoms. The molecule has 1 rings (SSSR count). The third-order valence-electron chi connectivity index (χ3n) is 3.57. The van der Waals surface area contributed by atoms with Crippen LogP contribution in [-0.2, 0) is 10.2 Å². The average molecular weight is 308 g/mol. The molecule has 0 aromatic rings. The molecule has 6 nitrogen and oxygen atoms in total. The number of thiocarbonyl (C=S) groups is 1. The molecule has 19 heavy (non-hydrogen) atoms. The molecular formula is C11H24N4O2S2. The Bertz CT molecular complexity index is 389. The highest BCUT2D eigenvalue weighted by Crippen LogP contribution is 2.28. The highest BCUT2D eigenvalue weighted by atomic mass is 32.2. The van der Waals surface area contributed by atoms with E-state index >= 15 is 0 Å². The second kappa shape index (κ2) is 7.37. The Morgan fingerprint density at radius 1 is 1.21 bits per heavy atom. The number of hydrogen-bond donors (Lipinski definition) is 3. The molecule has 0 aromatic carbocycles. The van der Waals surface area contributed by atoms with Gasteiger partial charge in [0.2, 0.25) is 0 Å². The van der Waals surface area contributed by atoms with Crippen molar-refractivity contribution in [3.63, 3.8) is 0 Å². The van der Waals surface area contributed by atoms with E-state index in [0.29, 0.717) is 23.5 Å². The third kappa shape index (κ3) is 6.03. The van der Waals surface area contributed by atoms with Gasteiger partial charge in [-0.3, -0.25) is 0 Å². The summed E-state index contributed by atoms with van der Waals surface area (Å²) in [4.78, 5) is 0. The summed E-state index contributed by atoms with van der Waals surface area (Å²) in [6, 6.07) is 0. The maximum absolute atomic E-state index is 11.6. The van der Waals surface area contributed by atoms with E-state index in [4.69, 9.17) is 18.0 Å². The van der Waals surface area contributed by atoms with E-state index in [9.17, 15) is 8.42 Å². The number of hydrogen-bond acceptors (Lipinski definition) is 3. The van der Waals surface area contributed by atoms with Crippen molar-refractivity contribution in [3.8, 4) is 0 Å². The molecule has 1 fully saturated rings. The minimum atomic E-state index is -3.30. The molecule has 1 saturated carbocycles. The quantitative estimate of drug-likeness (QED) is 0.602. The summed E-state index contributed by atoms with van der Waals surface area (Å²) in [5.41, 5.74) is 5.40. The number of nitrogens with one attached hydrogen (secondary N) is 2. The Balaban J connectivity index is 2.25. The van der Waals surface area contributed by atoms with Gasteiger partial charge in [-0.1, -0.05) is 0 Å². The molecule has 0 radical (unpaired) electrons. The van der Waals surface area contributed by atoms with Crippen molar-refractivity contribution in [2.24, 2.45) is 17.6 Å². The molecule has 0 aliphatic heterocycles. The van der Waals surface area contributed by atoms with Crippen molar-refractivity contribution in [1.29, 1.82) is 0 Å². The fourth-order valence-electron chi connectivity index (χ4n) is 2.24. The first kappa shape index (κ1) is 16.6. The predicted octanol–water partition coefficient (Wildman–Crippen LogP) is 0.0220. The van der Waals surface area contributed by atoms with Crippen LogP contribution in [0.3, 0.4) is 0 Å². The molecule has 0 unspecified atom stereocenters. The van der Waals surface area contributed by atoms with Crippen LogP contribution in [0.25, 0.3) is 0 Å². The van der Waals surface area contributed by atoms with Crippen LogP contribution in [0.4, 0.5) is 0 Å². The summed E-state index contributed by atoms with van der Waals surface area (Å²) < 4.78 is 27.0. The minimum Gasteiger partial charge on any atom is -0.376 e. The van der Waals surface area contributed by atoms with Crippen LogP contribution < -0.4 is 15.8 Å². The van der Waals surface area contributed by atoms with Gasteiger partial charge in [0.15, 0.2) is 5.11 Å². The van der Waals surface area contributed by atoms with Gasteiger partial charge in [0.05, 0.1) is 0 Å². The fourth-order valence-corrected chi connectivity index (χ4v) is 3.02. The Kier molecular flexibility index (Phi) is 6.45. The second-order valence-electron chi connectivity index (χ2n) is 5.27. The Hall–Kier alpha value is -0.440. The topological polar surface area (TPSA) is 87.5 Å². The molecule has 0 saturated heterocycles. The lowest BCUT2D eigenvalue weighted by Crippen LogP contribution is -2.40. The minimum absolute atomic E-state index is 0.348. The molecule has 8 heteroatoms. The summed E-state index contributed by atoms with van der Waals surface area (Å²) in [6.07, 6.45) is 4.26. The number of nitrogens with two attached hydrogens (primary N) is 1. The molecule has 0 bridgehead atoms. The second-order valence-corrected chi connectivity index (χ2v) is 7.68. The third-order valence-corrected chi connectivity index (χ3v) is 5.20. The molecule has 112 valence electrons. The molecule has 0 aromatic heterocycles. The predicted molar refractivity (Wildman–Crippen MR) is 80.8 cm³/mol. The van der Waals surface area contributed by atoms with Gasteiger partial charge < -0.3 is 11.1 Å². The largest absolute Gasteiger partial charge is 0.376 e. The zero-order valence-corrected chi connectivity index (χ0v) is 13.2. The highest BCUT2D eigenvalue weighted by Gasteiger charge is 2.23. The Morgan fingerprint density at radius 2 is 1.68 bits per heavy atom. The first-order valence-corrected chi connectivity index (χ1v) is 8.36. The maximum Gasteiger partial charge on any atom is 0.278 e. The van der Waals surface area contributed by atoms with E-state index in [1.54, 1.807) is 0 Å². The molecule has 0 heterocycles. The Morgan fingerprint density at radius 3 is 2.11 bits per heavy atom. The van der Waals surface area contributed by atoms with E-state index in [1.807, 2.05) is 0 Å². The lowest BCUT2D eigenvalue weighted by Gasteiger charge is -2.29. The molecule has 0 atom stereocenters. The van der Waals surface area contributed by atoms with Gasteiger partial charge in [-0.2, -0.15) is 12.7 Å². The van der Waals surface area contributed by atoms with Crippen LogP contribution in [-0.4, -0.2) is 45.0 Å². The van der Waals surface area contributed by atoms with Gasteiger partial charge in [0, 0.05) is 27.2 Å². The van der Waals surface area contributed by atoms with Crippen LogP contribution in [0.2, 0.25) is 0 Å². The lowest BCUT2D eigenvalue weighted by atomic mass is 9.82. The Labute approximate surface area is 121 Å². The molecule has 1 aliphatic carbocycles. The van der Waals surface area contributed by atoms with E-state index in [1.165, 1.54) is 18.4 Å². The van der Waals surface area contributed by atoms with Gasteiger partial charge in [-0.15, -0.1) is 0 Å². The summed E-state index contributed by atoms with van der Waals surface area (Å²) in [6.45, 7) is 1.35. The summed E-state index contributed by atoms with van der Waals surface area (Å²) in [5, 5.41) is 3.34. The standard InChI is InChI=1S/C11H24N4O2S2/c1-15(2)19(16,17)14-8-10-5-3-9(4-6-10)7-13-11(12)18/h9-10,14H,3-8H2,1-2H3,(H3,12,13,18). The molecule has 0 amide bonds. The SMILES string of the molecule is CN(C)S(=O)(=O)NCC1CCC(CNC(N)=S)CC1. The van der Waals surface area contributed by atoms with Crippen molar-refractivity contribution < 1.29 is 8.42 Å². The van der Waals surface area contributed by atoms with Crippen molar-refractivity contribution in [3.05, 3.63) is 0 Å². The van der Waals surface area contributed by atoms with E-state index < -0.39 is 10.2 Å². The van der Waals surface area contributed by atoms with Gasteiger partial charge in [-0.25, -0.2) is 4.72 Å². The van der Waals surface area contributed by atoms with E-state index in [0.717, 1.165) is 32.2 Å². The lowest BCUT2D eigenvalue weighted by molar-refractivity contribution is 0.274. The number of rotatable bonds is 6. The van der Waals surface area contributed by atoms with Gasteiger partial charge >= 0.3 is 0 Å². The number of nitrogens with zero attached hydrogens (tertiary/aromatic N) is 1. The summed E-state index contributed by atoms with van der Waals surface area (Å²) in [7, 11) is -0.238. The van der Waals surface area contributed by atoms with Crippen LogP contribution >= 0.6 is 12.2 Å². The van der Waals surface area contributed by atoms with E-state index in [2.05, 4.69) is 10.0 Å². The molecular weight excluding hydrogens is 284 g/mol.